The maximum absolute atomic E-state index is 12.9. The smallest absolute Gasteiger partial charge is 0.457 e. The number of fused-ring (bicyclic) bond motifs is 1. The first-order valence-corrected chi connectivity index (χ1v) is 15.0. The van der Waals surface area contributed by atoms with Gasteiger partial charge in [-0.2, -0.15) is 0 Å². The van der Waals surface area contributed by atoms with Crippen molar-refractivity contribution in [2.45, 2.75) is 51.0 Å². The number of hydrogen-bond donors (Lipinski definition) is 3. The lowest BCUT2D eigenvalue weighted by Gasteiger charge is -2.22. The molecule has 1 aromatic heterocycles. The van der Waals surface area contributed by atoms with E-state index in [0.717, 1.165) is 0 Å². The molecule has 2 aliphatic heterocycles. The Morgan fingerprint density at radius 2 is 1.91 bits per heavy atom. The van der Waals surface area contributed by atoms with Gasteiger partial charge >= 0.3 is 13.8 Å². The molecular weight excluding hydrogens is 605 g/mol. The maximum Gasteiger partial charge on any atom is 0.529 e. The minimum atomic E-state index is -4.79. The standard InChI is InChI=1S/C27H27ClN5O9P/c1-16(34)7-12-22(35)39-20-13-21(40-27(20)42-43(37,38)41-19-10-8-18(28)9-11-19)33-15-31-23-24(29-14-30-25(23)33)32-26(36)17-5-3-2-4-6-17/h2-6,8-11,14-15,20-21,24,27H,7,12-13H2,1H3,(H,29,30)(H,32,36)(H,37,38)/t20-,21-,24-,27+/m1/s1. The van der Waals surface area contributed by atoms with Gasteiger partial charge in [-0.15, -0.1) is 0 Å². The van der Waals surface area contributed by atoms with Crippen LogP contribution in [0.4, 0.5) is 5.82 Å². The van der Waals surface area contributed by atoms with E-state index in [1.165, 1.54) is 43.9 Å². The summed E-state index contributed by atoms with van der Waals surface area (Å²) in [7, 11) is -4.79. The number of nitrogens with one attached hydrogen (secondary N) is 2. The van der Waals surface area contributed by atoms with Crippen LogP contribution in [0.15, 0.2) is 65.9 Å². The molecule has 2 aliphatic rings. The molecule has 0 radical (unpaired) electrons. The molecule has 1 saturated heterocycles. The predicted octanol–water partition coefficient (Wildman–Crippen LogP) is 4.14. The Balaban J connectivity index is 1.33. The average molecular weight is 632 g/mol. The first kappa shape index (κ1) is 30.4. The number of esters is 1. The van der Waals surface area contributed by atoms with Crippen LogP contribution in [0.3, 0.4) is 0 Å². The quantitative estimate of drug-likeness (QED) is 0.204. The minimum Gasteiger partial charge on any atom is -0.457 e. The number of Topliss-reactive ketones (excluding diaryl/α,β-unsaturated/α-hetero) is 1. The number of anilines is 1. The monoisotopic (exact) mass is 631 g/mol. The van der Waals surface area contributed by atoms with Gasteiger partial charge in [0.05, 0.1) is 19.1 Å². The predicted molar refractivity (Wildman–Crippen MR) is 152 cm³/mol. The van der Waals surface area contributed by atoms with Crippen molar-refractivity contribution >= 4 is 49.2 Å². The lowest BCUT2D eigenvalue weighted by Crippen LogP contribution is -2.30. The molecule has 5 rings (SSSR count). The number of aromatic nitrogens is 2. The fourth-order valence-corrected chi connectivity index (χ4v) is 5.36. The Morgan fingerprint density at radius 1 is 1.16 bits per heavy atom. The highest BCUT2D eigenvalue weighted by Crippen LogP contribution is 2.49. The summed E-state index contributed by atoms with van der Waals surface area (Å²) in [6.45, 7) is 1.35. The minimum absolute atomic E-state index is 0.00976. The molecule has 1 unspecified atom stereocenters. The number of ketones is 1. The summed E-state index contributed by atoms with van der Waals surface area (Å²) < 4.78 is 36.3. The number of imidazole rings is 1. The molecule has 5 atom stereocenters. The fraction of sp³-hybridized carbons (Fsp3) is 0.296. The molecule has 1 amide bonds. The molecule has 16 heteroatoms. The number of phosphoric acid groups is 1. The van der Waals surface area contributed by atoms with Gasteiger partial charge in [0.25, 0.3) is 5.91 Å². The van der Waals surface area contributed by atoms with Crippen molar-refractivity contribution in [1.29, 1.82) is 0 Å². The van der Waals surface area contributed by atoms with Crippen molar-refractivity contribution in [2.75, 3.05) is 5.32 Å². The van der Waals surface area contributed by atoms with Crippen LogP contribution < -0.4 is 15.2 Å². The van der Waals surface area contributed by atoms with Crippen LogP contribution in [0, 0.1) is 0 Å². The van der Waals surface area contributed by atoms with Gasteiger partial charge in [-0.1, -0.05) is 29.8 Å². The van der Waals surface area contributed by atoms with E-state index in [2.05, 4.69) is 20.6 Å². The molecule has 14 nitrogen and oxygen atoms in total. The molecule has 43 heavy (non-hydrogen) atoms. The lowest BCUT2D eigenvalue weighted by molar-refractivity contribution is -0.170. The topological polar surface area (TPSA) is 180 Å². The van der Waals surface area contributed by atoms with Gasteiger partial charge in [0.2, 0.25) is 6.29 Å². The number of ether oxygens (including phenoxy) is 2. The Labute approximate surface area is 250 Å². The Hall–Kier alpha value is -4.07. The zero-order valence-electron chi connectivity index (χ0n) is 22.7. The van der Waals surface area contributed by atoms with Crippen molar-refractivity contribution in [3.05, 3.63) is 77.2 Å². The van der Waals surface area contributed by atoms with E-state index in [4.69, 9.17) is 30.1 Å². The van der Waals surface area contributed by atoms with Crippen LogP contribution >= 0.6 is 19.4 Å². The lowest BCUT2D eigenvalue weighted by atomic mass is 10.2. The molecule has 0 bridgehead atoms. The Morgan fingerprint density at radius 3 is 2.63 bits per heavy atom. The number of carbonyl (C=O) groups excluding carboxylic acids is 3. The molecular formula is C27H27ClN5O9P. The van der Waals surface area contributed by atoms with E-state index < -0.39 is 38.6 Å². The maximum atomic E-state index is 12.9. The Kier molecular flexibility index (Phi) is 9.23. The number of halogens is 1. The van der Waals surface area contributed by atoms with E-state index in [1.54, 1.807) is 34.9 Å². The zero-order valence-corrected chi connectivity index (χ0v) is 24.3. The van der Waals surface area contributed by atoms with E-state index in [9.17, 15) is 23.8 Å². The van der Waals surface area contributed by atoms with Gasteiger partial charge in [0.15, 0.2) is 12.3 Å². The molecule has 3 N–H and O–H groups in total. The number of carbonyl (C=O) groups is 3. The third-order valence-corrected chi connectivity index (χ3v) is 7.55. The molecule has 1 fully saturated rings. The number of nitrogens with zero attached hydrogens (tertiary/aromatic N) is 3. The van der Waals surface area contributed by atoms with Crippen LogP contribution in [0.5, 0.6) is 5.75 Å². The number of rotatable bonds is 11. The van der Waals surface area contributed by atoms with Gasteiger partial charge in [-0.25, -0.2) is 19.1 Å². The van der Waals surface area contributed by atoms with Gasteiger partial charge in [0.1, 0.15) is 29.3 Å². The summed E-state index contributed by atoms with van der Waals surface area (Å²) in [6.07, 6.45) is -1.81. The summed E-state index contributed by atoms with van der Waals surface area (Å²) in [5.41, 5.74) is 0.827. The van der Waals surface area contributed by atoms with Crippen LogP contribution in [-0.4, -0.2) is 50.8 Å². The SMILES string of the molecule is CC(=O)CCC(=O)O[C@@H]1C[C@H](n2cnc3c2NC=N[C@@H]3NC(=O)c2ccccc2)O[C@H]1OP(=O)(O)Oc1ccc(Cl)cc1. The van der Waals surface area contributed by atoms with Gasteiger partial charge < -0.3 is 29.4 Å². The van der Waals surface area contributed by atoms with Gasteiger partial charge in [0, 0.05) is 23.4 Å². The highest BCUT2D eigenvalue weighted by atomic mass is 35.5. The van der Waals surface area contributed by atoms with E-state index in [0.29, 0.717) is 22.1 Å². The second kappa shape index (κ2) is 13.1. The highest BCUT2D eigenvalue weighted by molar-refractivity contribution is 7.47. The van der Waals surface area contributed by atoms with Crippen molar-refractivity contribution in [2.24, 2.45) is 4.99 Å². The number of hydrogen-bond acceptors (Lipinski definition) is 11. The number of amides is 1. The zero-order chi connectivity index (χ0) is 30.6. The van der Waals surface area contributed by atoms with E-state index >= 15 is 0 Å². The molecule has 2 aromatic carbocycles. The van der Waals surface area contributed by atoms with E-state index in [-0.39, 0.29) is 36.7 Å². The molecule has 0 saturated carbocycles. The summed E-state index contributed by atoms with van der Waals surface area (Å²) in [5, 5.41) is 6.17. The largest absolute Gasteiger partial charge is 0.529 e. The van der Waals surface area contributed by atoms with Gasteiger partial charge in [-0.05, 0) is 43.3 Å². The molecule has 226 valence electrons. The number of benzene rings is 2. The van der Waals surface area contributed by atoms with Crippen molar-refractivity contribution in [3.63, 3.8) is 0 Å². The summed E-state index contributed by atoms with van der Waals surface area (Å²) in [6, 6.07) is 14.3. The second-order valence-corrected chi connectivity index (χ2v) is 11.4. The van der Waals surface area contributed by atoms with Crippen molar-refractivity contribution in [3.8, 4) is 5.75 Å². The molecule has 3 heterocycles. The van der Waals surface area contributed by atoms with Crippen LogP contribution in [0.1, 0.15) is 54.6 Å². The molecule has 3 aromatic rings. The van der Waals surface area contributed by atoms with Crippen LogP contribution in [0.25, 0.3) is 0 Å². The Bertz CT molecular complexity index is 1570. The van der Waals surface area contributed by atoms with Gasteiger partial charge in [-0.3, -0.25) is 19.0 Å². The highest BCUT2D eigenvalue weighted by Gasteiger charge is 2.45. The summed E-state index contributed by atoms with van der Waals surface area (Å²) in [4.78, 5) is 55.7. The van der Waals surface area contributed by atoms with Crippen LogP contribution in [0.2, 0.25) is 5.02 Å². The average Bonchev–Trinajstić information content (AvgIpc) is 3.57. The number of aliphatic imine (C=N–C) groups is 1. The summed E-state index contributed by atoms with van der Waals surface area (Å²) in [5.74, 6) is -0.840. The fourth-order valence-electron chi connectivity index (χ4n) is 4.36. The molecule has 0 aliphatic carbocycles. The third-order valence-electron chi connectivity index (χ3n) is 6.38. The second-order valence-electron chi connectivity index (χ2n) is 9.59. The molecule has 0 spiro atoms. The van der Waals surface area contributed by atoms with Crippen molar-refractivity contribution < 1.29 is 42.4 Å². The van der Waals surface area contributed by atoms with Crippen LogP contribution in [-0.2, 0) is 28.2 Å². The van der Waals surface area contributed by atoms with Crippen molar-refractivity contribution in [1.82, 2.24) is 14.9 Å². The summed E-state index contributed by atoms with van der Waals surface area (Å²) >= 11 is 5.86. The number of phosphoric ester groups is 1. The first-order chi connectivity index (χ1) is 20.6. The van der Waals surface area contributed by atoms with E-state index in [1.807, 2.05) is 0 Å². The third kappa shape index (κ3) is 7.66. The first-order valence-electron chi connectivity index (χ1n) is 13.1. The normalized spacial score (nSPS) is 22.1.